The molecule has 2 rings (SSSR count). The molecule has 0 atom stereocenters. The summed E-state index contributed by atoms with van der Waals surface area (Å²) in [6.45, 7) is 1.82. The van der Waals surface area contributed by atoms with Crippen molar-refractivity contribution >= 4 is 17.7 Å². The van der Waals surface area contributed by atoms with Crippen molar-refractivity contribution in [2.45, 2.75) is 20.0 Å². The number of carbonyl (C=O) groups excluding carboxylic acids is 1. The maximum absolute atomic E-state index is 13.0. The van der Waals surface area contributed by atoms with Gasteiger partial charge in [-0.25, -0.2) is 4.39 Å². The normalized spacial score (nSPS) is 10.9. The van der Waals surface area contributed by atoms with E-state index < -0.39 is 0 Å². The minimum Gasteiger partial charge on any atom is -0.392 e. The van der Waals surface area contributed by atoms with Gasteiger partial charge in [0.1, 0.15) is 5.82 Å². The number of anilines is 1. The topological polar surface area (TPSA) is 49.3 Å². The molecule has 0 fully saturated rings. The number of aliphatic hydroxyl groups excluding tert-OH is 1. The van der Waals surface area contributed by atoms with Gasteiger partial charge in [0, 0.05) is 12.1 Å². The first-order valence-electron chi connectivity index (χ1n) is 7.01. The zero-order valence-electron chi connectivity index (χ0n) is 12.3. The maximum Gasteiger partial charge on any atom is 0.228 e. The van der Waals surface area contributed by atoms with Crippen LogP contribution in [0.3, 0.4) is 0 Å². The molecule has 0 unspecified atom stereocenters. The molecule has 3 nitrogen and oxygen atoms in total. The molecule has 0 aromatic heterocycles. The quantitative estimate of drug-likeness (QED) is 0.885. The molecule has 2 N–H and O–H groups in total. The molecule has 0 spiro atoms. The Morgan fingerprint density at radius 1 is 1.27 bits per heavy atom. The number of hydrogen-bond donors (Lipinski definition) is 2. The first-order valence-corrected chi connectivity index (χ1v) is 7.01. The fourth-order valence-electron chi connectivity index (χ4n) is 2.02. The lowest BCUT2D eigenvalue weighted by Gasteiger charge is -2.09. The smallest absolute Gasteiger partial charge is 0.228 e. The standard InChI is InChI=1S/C18H18FNO2/c1-13-8-9-15(12-21)11-17(13)20-18(22)7-3-5-14-4-2-6-16(19)10-14/h2-6,8-11,21H,7,12H2,1H3,(H,20,22)/b5-3+. The van der Waals surface area contributed by atoms with Crippen molar-refractivity contribution in [2.75, 3.05) is 5.32 Å². The zero-order chi connectivity index (χ0) is 15.9. The third-order valence-electron chi connectivity index (χ3n) is 3.22. The number of carbonyl (C=O) groups is 1. The van der Waals surface area contributed by atoms with Gasteiger partial charge in [-0.1, -0.05) is 36.4 Å². The highest BCUT2D eigenvalue weighted by Gasteiger charge is 2.04. The van der Waals surface area contributed by atoms with Gasteiger partial charge in [0.25, 0.3) is 0 Å². The molecule has 0 bridgehead atoms. The van der Waals surface area contributed by atoms with Crippen LogP contribution in [0.25, 0.3) is 6.08 Å². The summed E-state index contributed by atoms with van der Waals surface area (Å²) in [5, 5.41) is 11.9. The fourth-order valence-corrected chi connectivity index (χ4v) is 2.02. The molecule has 0 aliphatic heterocycles. The van der Waals surface area contributed by atoms with Crippen molar-refractivity contribution in [2.24, 2.45) is 0 Å². The molecule has 0 saturated heterocycles. The fraction of sp³-hybridized carbons (Fsp3) is 0.167. The number of rotatable bonds is 5. The van der Waals surface area contributed by atoms with Crippen molar-refractivity contribution < 1.29 is 14.3 Å². The minimum absolute atomic E-state index is 0.0668. The van der Waals surface area contributed by atoms with Gasteiger partial charge in [-0.15, -0.1) is 0 Å². The van der Waals surface area contributed by atoms with Gasteiger partial charge in [-0.2, -0.15) is 0 Å². The molecule has 114 valence electrons. The van der Waals surface area contributed by atoms with Crippen LogP contribution in [0.2, 0.25) is 0 Å². The second kappa shape index (κ2) is 7.52. The van der Waals surface area contributed by atoms with Crippen LogP contribution in [0, 0.1) is 12.7 Å². The zero-order valence-corrected chi connectivity index (χ0v) is 12.3. The number of aliphatic hydroxyl groups is 1. The molecule has 2 aromatic carbocycles. The summed E-state index contributed by atoms with van der Waals surface area (Å²) >= 11 is 0. The average Bonchev–Trinajstić information content (AvgIpc) is 2.49. The van der Waals surface area contributed by atoms with Gasteiger partial charge in [0.15, 0.2) is 0 Å². The first kappa shape index (κ1) is 15.9. The summed E-state index contributed by atoms with van der Waals surface area (Å²) < 4.78 is 13.0. The number of halogens is 1. The van der Waals surface area contributed by atoms with E-state index in [1.165, 1.54) is 12.1 Å². The summed E-state index contributed by atoms with van der Waals surface area (Å²) in [5.74, 6) is -0.464. The molecule has 0 aliphatic rings. The predicted octanol–water partition coefficient (Wildman–Crippen LogP) is 3.67. The highest BCUT2D eigenvalue weighted by molar-refractivity contribution is 5.92. The lowest BCUT2D eigenvalue weighted by molar-refractivity contribution is -0.115. The van der Waals surface area contributed by atoms with Gasteiger partial charge in [-0.05, 0) is 41.8 Å². The highest BCUT2D eigenvalue weighted by Crippen LogP contribution is 2.17. The number of nitrogens with one attached hydrogen (secondary N) is 1. The van der Waals surface area contributed by atoms with Crippen LogP contribution in [-0.2, 0) is 11.4 Å². The Labute approximate surface area is 129 Å². The Morgan fingerprint density at radius 2 is 2.09 bits per heavy atom. The van der Waals surface area contributed by atoms with Gasteiger partial charge in [0.2, 0.25) is 5.91 Å². The molecule has 0 radical (unpaired) electrons. The number of hydrogen-bond acceptors (Lipinski definition) is 2. The Hall–Kier alpha value is -2.46. The van der Waals surface area contributed by atoms with Gasteiger partial charge >= 0.3 is 0 Å². The molecule has 1 amide bonds. The van der Waals surface area contributed by atoms with Crippen molar-refractivity contribution in [1.29, 1.82) is 0 Å². The monoisotopic (exact) mass is 299 g/mol. The summed E-state index contributed by atoms with van der Waals surface area (Å²) in [6, 6.07) is 11.6. The molecule has 22 heavy (non-hydrogen) atoms. The maximum atomic E-state index is 13.0. The largest absolute Gasteiger partial charge is 0.392 e. The second-order valence-corrected chi connectivity index (χ2v) is 5.02. The third kappa shape index (κ3) is 4.53. The van der Waals surface area contributed by atoms with E-state index >= 15 is 0 Å². The van der Waals surface area contributed by atoms with Crippen LogP contribution < -0.4 is 5.32 Å². The number of aryl methyl sites for hydroxylation is 1. The minimum atomic E-state index is -0.303. The van der Waals surface area contributed by atoms with E-state index in [9.17, 15) is 9.18 Å². The van der Waals surface area contributed by atoms with Crippen LogP contribution in [-0.4, -0.2) is 11.0 Å². The first-order chi connectivity index (χ1) is 10.6. The van der Waals surface area contributed by atoms with Crippen LogP contribution in [0.4, 0.5) is 10.1 Å². The molecule has 0 heterocycles. The van der Waals surface area contributed by atoms with Crippen LogP contribution in [0.1, 0.15) is 23.1 Å². The predicted molar refractivity (Wildman–Crippen MR) is 85.8 cm³/mol. The van der Waals surface area contributed by atoms with E-state index in [0.29, 0.717) is 11.3 Å². The van der Waals surface area contributed by atoms with Crippen LogP contribution >= 0.6 is 0 Å². The van der Waals surface area contributed by atoms with E-state index in [1.807, 2.05) is 19.1 Å². The van der Waals surface area contributed by atoms with Gasteiger partial charge < -0.3 is 10.4 Å². The summed E-state index contributed by atoms with van der Waals surface area (Å²) in [5.41, 5.74) is 3.08. The molecule has 0 aliphatic carbocycles. The van der Waals surface area contributed by atoms with Crippen molar-refractivity contribution in [3.8, 4) is 0 Å². The molecule has 2 aromatic rings. The summed E-state index contributed by atoms with van der Waals surface area (Å²) in [4.78, 5) is 11.9. The van der Waals surface area contributed by atoms with Crippen molar-refractivity contribution in [1.82, 2.24) is 0 Å². The Balaban J connectivity index is 1.96. The molecular formula is C18H18FNO2. The Morgan fingerprint density at radius 3 is 2.82 bits per heavy atom. The van der Waals surface area contributed by atoms with E-state index in [4.69, 9.17) is 5.11 Å². The molecule has 0 saturated carbocycles. The number of amides is 1. The van der Waals surface area contributed by atoms with Crippen molar-refractivity contribution in [3.63, 3.8) is 0 Å². The number of benzene rings is 2. The van der Waals surface area contributed by atoms with Gasteiger partial charge in [-0.3, -0.25) is 4.79 Å². The summed E-state index contributed by atoms with van der Waals surface area (Å²) in [6.07, 6.45) is 3.59. The van der Waals surface area contributed by atoms with E-state index in [0.717, 1.165) is 11.1 Å². The average molecular weight is 299 g/mol. The van der Waals surface area contributed by atoms with E-state index in [2.05, 4.69) is 5.32 Å². The SMILES string of the molecule is Cc1ccc(CO)cc1NC(=O)C/C=C/c1cccc(F)c1. The van der Waals surface area contributed by atoms with Crippen molar-refractivity contribution in [3.05, 3.63) is 71.0 Å². The molecule has 4 heteroatoms. The molecular weight excluding hydrogens is 281 g/mol. The Bertz CT molecular complexity index is 695. The van der Waals surface area contributed by atoms with Crippen LogP contribution in [0.15, 0.2) is 48.5 Å². The lowest BCUT2D eigenvalue weighted by Crippen LogP contribution is -2.11. The van der Waals surface area contributed by atoms with E-state index in [1.54, 1.807) is 30.4 Å². The second-order valence-electron chi connectivity index (χ2n) is 5.02. The van der Waals surface area contributed by atoms with Crippen LogP contribution in [0.5, 0.6) is 0 Å². The third-order valence-corrected chi connectivity index (χ3v) is 3.22. The Kier molecular flexibility index (Phi) is 5.44. The van der Waals surface area contributed by atoms with Gasteiger partial charge in [0.05, 0.1) is 6.61 Å². The lowest BCUT2D eigenvalue weighted by atomic mass is 10.1. The van der Waals surface area contributed by atoms with E-state index in [-0.39, 0.29) is 24.8 Å². The summed E-state index contributed by atoms with van der Waals surface area (Å²) in [7, 11) is 0. The highest BCUT2D eigenvalue weighted by atomic mass is 19.1.